The van der Waals surface area contributed by atoms with Gasteiger partial charge in [0.25, 0.3) is 0 Å². The number of hydrogen-bond acceptors (Lipinski definition) is 2. The molecule has 0 unspecified atom stereocenters. The lowest BCUT2D eigenvalue weighted by Gasteiger charge is -2.10. The summed E-state index contributed by atoms with van der Waals surface area (Å²) in [6, 6.07) is 3.30. The second kappa shape index (κ2) is 6.26. The third kappa shape index (κ3) is 5.06. The minimum Gasteiger partial charge on any atom is -0.492 e. The first-order valence-electron chi connectivity index (χ1n) is 5.01. The summed E-state index contributed by atoms with van der Waals surface area (Å²) in [6.07, 6.45) is -5.41. The Kier molecular flexibility index (Phi) is 4.98. The van der Waals surface area contributed by atoms with E-state index in [1.165, 1.54) is 6.07 Å². The van der Waals surface area contributed by atoms with E-state index in [2.05, 4.69) is 11.8 Å². The number of aliphatic hydroxyl groups excluding tert-OH is 1. The van der Waals surface area contributed by atoms with E-state index >= 15 is 0 Å². The zero-order valence-electron chi connectivity index (χ0n) is 9.22. The van der Waals surface area contributed by atoms with Gasteiger partial charge >= 0.3 is 6.18 Å². The maximum atomic E-state index is 12.9. The van der Waals surface area contributed by atoms with Crippen molar-refractivity contribution < 1.29 is 27.4 Å². The highest BCUT2D eigenvalue weighted by atomic mass is 19.4. The van der Waals surface area contributed by atoms with Crippen molar-refractivity contribution in [3.05, 3.63) is 29.6 Å². The summed E-state index contributed by atoms with van der Waals surface area (Å²) in [5, 5.41) is 8.51. The smallest absolute Gasteiger partial charge is 0.392 e. The van der Waals surface area contributed by atoms with Crippen molar-refractivity contribution in [2.75, 3.05) is 13.2 Å². The van der Waals surface area contributed by atoms with Crippen LogP contribution in [0.25, 0.3) is 0 Å². The average molecular weight is 262 g/mol. The molecule has 0 radical (unpaired) electrons. The first kappa shape index (κ1) is 14.3. The van der Waals surface area contributed by atoms with Crippen LogP contribution in [0.5, 0.6) is 5.75 Å². The molecule has 1 aromatic carbocycles. The van der Waals surface area contributed by atoms with Gasteiger partial charge in [0.05, 0.1) is 18.6 Å². The largest absolute Gasteiger partial charge is 0.492 e. The van der Waals surface area contributed by atoms with Gasteiger partial charge in [0.1, 0.15) is 18.2 Å². The Morgan fingerprint density at radius 2 is 2.00 bits per heavy atom. The van der Waals surface area contributed by atoms with Crippen molar-refractivity contribution in [3.63, 3.8) is 0 Å². The van der Waals surface area contributed by atoms with Gasteiger partial charge in [0, 0.05) is 0 Å². The molecule has 0 fully saturated rings. The molecule has 0 bridgehead atoms. The van der Waals surface area contributed by atoms with Crippen molar-refractivity contribution in [3.8, 4) is 17.6 Å². The number of benzene rings is 1. The topological polar surface area (TPSA) is 29.5 Å². The van der Waals surface area contributed by atoms with Crippen molar-refractivity contribution in [1.29, 1.82) is 0 Å². The Labute approximate surface area is 101 Å². The lowest BCUT2D eigenvalue weighted by Crippen LogP contribution is -2.13. The van der Waals surface area contributed by atoms with Crippen LogP contribution >= 0.6 is 0 Å². The Morgan fingerprint density at radius 3 is 2.61 bits per heavy atom. The van der Waals surface area contributed by atoms with Crippen LogP contribution in [0.4, 0.5) is 17.6 Å². The number of ether oxygens (including phenoxy) is 1. The van der Waals surface area contributed by atoms with Gasteiger partial charge in [-0.1, -0.05) is 11.8 Å². The van der Waals surface area contributed by atoms with Crippen LogP contribution in [0.2, 0.25) is 0 Å². The van der Waals surface area contributed by atoms with Gasteiger partial charge in [-0.05, 0) is 18.2 Å². The van der Waals surface area contributed by atoms with Crippen LogP contribution in [0.1, 0.15) is 12.0 Å². The minimum atomic E-state index is -4.31. The fourth-order valence-electron chi connectivity index (χ4n) is 1.14. The molecule has 0 saturated carbocycles. The van der Waals surface area contributed by atoms with E-state index in [-0.39, 0.29) is 11.3 Å². The predicted molar refractivity (Wildman–Crippen MR) is 56.5 cm³/mol. The molecule has 2 nitrogen and oxygen atoms in total. The van der Waals surface area contributed by atoms with Crippen LogP contribution in [-0.2, 0) is 0 Å². The van der Waals surface area contributed by atoms with Crippen molar-refractivity contribution in [2.24, 2.45) is 0 Å². The van der Waals surface area contributed by atoms with Crippen LogP contribution in [-0.4, -0.2) is 24.5 Å². The number of rotatable bonds is 3. The maximum absolute atomic E-state index is 12.9. The van der Waals surface area contributed by atoms with E-state index in [0.29, 0.717) is 0 Å². The summed E-state index contributed by atoms with van der Waals surface area (Å²) in [6.45, 7) is -0.999. The Hall–Kier alpha value is -1.74. The fraction of sp³-hybridized carbons (Fsp3) is 0.333. The zero-order chi connectivity index (χ0) is 13.6. The van der Waals surface area contributed by atoms with Gasteiger partial charge in [0.15, 0.2) is 0 Å². The molecule has 0 amide bonds. The molecule has 98 valence electrons. The molecular formula is C12H10F4O2. The molecule has 6 heteroatoms. The normalized spacial score (nSPS) is 10.7. The van der Waals surface area contributed by atoms with E-state index in [4.69, 9.17) is 9.84 Å². The van der Waals surface area contributed by atoms with Gasteiger partial charge in [-0.25, -0.2) is 4.39 Å². The molecule has 1 N–H and O–H groups in total. The van der Waals surface area contributed by atoms with E-state index in [1.54, 1.807) is 0 Å². The molecule has 0 aliphatic carbocycles. The molecule has 0 aromatic heterocycles. The molecule has 0 atom stereocenters. The number of alkyl halides is 3. The van der Waals surface area contributed by atoms with E-state index in [9.17, 15) is 17.6 Å². The highest BCUT2D eigenvalue weighted by Crippen LogP contribution is 2.22. The van der Waals surface area contributed by atoms with Crippen LogP contribution in [0, 0.1) is 17.7 Å². The highest BCUT2D eigenvalue weighted by molar-refractivity contribution is 5.46. The summed E-state index contributed by atoms with van der Waals surface area (Å²) < 4.78 is 53.6. The van der Waals surface area contributed by atoms with Gasteiger partial charge < -0.3 is 9.84 Å². The molecule has 18 heavy (non-hydrogen) atoms. The number of hydrogen-bond donors (Lipinski definition) is 1. The Bertz CT molecular complexity index is 457. The second-order valence-electron chi connectivity index (χ2n) is 3.31. The third-order valence-corrected chi connectivity index (χ3v) is 1.89. The van der Waals surface area contributed by atoms with Crippen LogP contribution < -0.4 is 4.74 Å². The van der Waals surface area contributed by atoms with Gasteiger partial charge in [-0.15, -0.1) is 0 Å². The molecule has 1 aromatic rings. The average Bonchev–Trinajstić information content (AvgIpc) is 2.27. The zero-order valence-corrected chi connectivity index (χ0v) is 9.22. The monoisotopic (exact) mass is 262 g/mol. The fourth-order valence-corrected chi connectivity index (χ4v) is 1.14. The Balaban J connectivity index is 2.75. The van der Waals surface area contributed by atoms with Gasteiger partial charge in [-0.3, -0.25) is 0 Å². The second-order valence-corrected chi connectivity index (χ2v) is 3.31. The van der Waals surface area contributed by atoms with Crippen LogP contribution in [0.3, 0.4) is 0 Å². The maximum Gasteiger partial charge on any atom is 0.392 e. The van der Waals surface area contributed by atoms with Crippen molar-refractivity contribution in [2.45, 2.75) is 12.6 Å². The summed E-state index contributed by atoms with van der Waals surface area (Å²) in [7, 11) is 0. The minimum absolute atomic E-state index is 0.0570. The van der Waals surface area contributed by atoms with Crippen molar-refractivity contribution >= 4 is 0 Å². The lowest BCUT2D eigenvalue weighted by atomic mass is 10.2. The van der Waals surface area contributed by atoms with E-state index in [0.717, 1.165) is 12.1 Å². The first-order chi connectivity index (χ1) is 8.42. The summed E-state index contributed by atoms with van der Waals surface area (Å²) in [5.74, 6) is 4.15. The van der Waals surface area contributed by atoms with Gasteiger partial charge in [0.2, 0.25) is 0 Å². The number of halogens is 4. The highest BCUT2D eigenvalue weighted by Gasteiger charge is 2.26. The SMILES string of the molecule is OCC#Cc1cc(F)ccc1OCCC(F)(F)F. The summed E-state index contributed by atoms with van der Waals surface area (Å²) in [5.41, 5.74) is 0.103. The van der Waals surface area contributed by atoms with Crippen LogP contribution in [0.15, 0.2) is 18.2 Å². The molecule has 0 saturated heterocycles. The summed E-state index contributed by atoms with van der Waals surface area (Å²) >= 11 is 0. The first-order valence-corrected chi connectivity index (χ1v) is 5.01. The molecular weight excluding hydrogens is 252 g/mol. The molecule has 0 aliphatic rings. The standard InChI is InChI=1S/C12H10F4O2/c13-10-3-4-11(9(8-10)2-1-6-17)18-7-5-12(14,15)16/h3-4,8,17H,5-7H2. The van der Waals surface area contributed by atoms with Gasteiger partial charge in [-0.2, -0.15) is 13.2 Å². The quantitative estimate of drug-likeness (QED) is 0.670. The van der Waals surface area contributed by atoms with Crippen molar-refractivity contribution in [1.82, 2.24) is 0 Å². The Morgan fingerprint density at radius 1 is 1.28 bits per heavy atom. The molecule has 0 heterocycles. The van der Waals surface area contributed by atoms with E-state index in [1.807, 2.05) is 0 Å². The molecule has 0 spiro atoms. The summed E-state index contributed by atoms with van der Waals surface area (Å²) in [4.78, 5) is 0. The van der Waals surface area contributed by atoms with E-state index < -0.39 is 31.6 Å². The molecule has 0 aliphatic heterocycles. The third-order valence-electron chi connectivity index (χ3n) is 1.89. The predicted octanol–water partition coefficient (Wildman–Crippen LogP) is 2.50. The molecule has 1 rings (SSSR count). The lowest BCUT2D eigenvalue weighted by molar-refractivity contribution is -0.139. The number of aliphatic hydroxyl groups is 1.